The van der Waals surface area contributed by atoms with Crippen LogP contribution < -0.4 is 10.9 Å². The molecule has 7 nitrogen and oxygen atoms in total. The van der Waals surface area contributed by atoms with E-state index in [-0.39, 0.29) is 24.3 Å². The van der Waals surface area contributed by atoms with Crippen molar-refractivity contribution in [2.45, 2.75) is 70.8 Å². The number of aromatic nitrogens is 2. The van der Waals surface area contributed by atoms with Gasteiger partial charge < -0.3 is 19.4 Å². The zero-order valence-electron chi connectivity index (χ0n) is 17.3. The van der Waals surface area contributed by atoms with Crippen molar-refractivity contribution in [1.29, 1.82) is 0 Å². The molecule has 0 aliphatic heterocycles. The van der Waals surface area contributed by atoms with Crippen LogP contribution in [-0.2, 0) is 23.1 Å². The predicted molar refractivity (Wildman–Crippen MR) is 107 cm³/mol. The van der Waals surface area contributed by atoms with E-state index in [0.29, 0.717) is 16.6 Å². The standard InChI is InChI=1S/C21H28FN3O4/c1-21(2,3)29-20(27)24-13-5-7-14(8-6-13)28-12-15-16(22)11-23-17-9-10-18(26)25(4)19(15)17/h9-11,13-14H,5-8,12H2,1-4H3,(H,24,27)/t13-,14-. The van der Waals surface area contributed by atoms with Gasteiger partial charge in [-0.25, -0.2) is 9.18 Å². The van der Waals surface area contributed by atoms with Crippen LogP contribution in [0.25, 0.3) is 11.0 Å². The number of nitrogens with one attached hydrogen (secondary N) is 1. The Morgan fingerprint density at radius 1 is 1.28 bits per heavy atom. The number of hydrogen-bond acceptors (Lipinski definition) is 5. The van der Waals surface area contributed by atoms with Crippen molar-refractivity contribution in [3.05, 3.63) is 40.1 Å². The number of carbonyl (C=O) groups excluding carboxylic acids is 1. The van der Waals surface area contributed by atoms with E-state index >= 15 is 0 Å². The summed E-state index contributed by atoms with van der Waals surface area (Å²) < 4.78 is 27.1. The lowest BCUT2D eigenvalue weighted by atomic mass is 9.93. The van der Waals surface area contributed by atoms with Crippen molar-refractivity contribution in [3.63, 3.8) is 0 Å². The Labute approximate surface area is 169 Å². The smallest absolute Gasteiger partial charge is 0.407 e. The number of rotatable bonds is 4. The van der Waals surface area contributed by atoms with Crippen LogP contribution in [0.2, 0.25) is 0 Å². The number of halogens is 1. The van der Waals surface area contributed by atoms with E-state index in [4.69, 9.17) is 9.47 Å². The van der Waals surface area contributed by atoms with Crippen molar-refractivity contribution in [2.24, 2.45) is 7.05 Å². The number of pyridine rings is 2. The average molecular weight is 405 g/mol. The fourth-order valence-electron chi connectivity index (χ4n) is 3.59. The molecule has 0 bridgehead atoms. The number of alkyl carbamates (subject to hydrolysis) is 1. The van der Waals surface area contributed by atoms with Crippen LogP contribution in [0.15, 0.2) is 23.1 Å². The predicted octanol–water partition coefficient (Wildman–Crippen LogP) is 3.43. The van der Waals surface area contributed by atoms with Crippen LogP contribution in [0.1, 0.15) is 52.0 Å². The Kier molecular flexibility index (Phi) is 6.21. The van der Waals surface area contributed by atoms with Gasteiger partial charge in [-0.2, -0.15) is 0 Å². The molecule has 0 spiro atoms. The maximum Gasteiger partial charge on any atom is 0.407 e. The number of fused-ring (bicyclic) bond motifs is 1. The highest BCUT2D eigenvalue weighted by atomic mass is 19.1. The minimum absolute atomic E-state index is 0.0324. The third-order valence-electron chi connectivity index (χ3n) is 5.04. The quantitative estimate of drug-likeness (QED) is 0.843. The highest BCUT2D eigenvalue weighted by molar-refractivity contribution is 5.78. The van der Waals surface area contributed by atoms with Crippen LogP contribution >= 0.6 is 0 Å². The number of ether oxygens (including phenoxy) is 2. The second-order valence-corrected chi connectivity index (χ2v) is 8.48. The van der Waals surface area contributed by atoms with Crippen LogP contribution in [0.3, 0.4) is 0 Å². The molecule has 1 saturated carbocycles. The van der Waals surface area contributed by atoms with Gasteiger partial charge in [-0.1, -0.05) is 0 Å². The molecule has 1 amide bonds. The van der Waals surface area contributed by atoms with E-state index in [1.165, 1.54) is 10.6 Å². The lowest BCUT2D eigenvalue weighted by Gasteiger charge is -2.30. The van der Waals surface area contributed by atoms with Gasteiger partial charge >= 0.3 is 6.09 Å². The van der Waals surface area contributed by atoms with Crippen LogP contribution in [0, 0.1) is 5.82 Å². The van der Waals surface area contributed by atoms with Gasteiger partial charge in [0, 0.05) is 24.7 Å². The molecule has 0 saturated heterocycles. The summed E-state index contributed by atoms with van der Waals surface area (Å²) in [5.41, 5.74) is 0.598. The number of hydrogen-bond donors (Lipinski definition) is 1. The van der Waals surface area contributed by atoms with Gasteiger partial charge in [-0.3, -0.25) is 9.78 Å². The number of carbonyl (C=O) groups is 1. The highest BCUT2D eigenvalue weighted by Gasteiger charge is 2.25. The van der Waals surface area contributed by atoms with Crippen LogP contribution in [0.4, 0.5) is 9.18 Å². The Morgan fingerprint density at radius 3 is 2.62 bits per heavy atom. The lowest BCUT2D eigenvalue weighted by molar-refractivity contribution is 0.00762. The summed E-state index contributed by atoms with van der Waals surface area (Å²) in [6.45, 7) is 5.55. The molecule has 158 valence electrons. The van der Waals surface area contributed by atoms with E-state index in [9.17, 15) is 14.0 Å². The second kappa shape index (κ2) is 8.49. The molecule has 0 unspecified atom stereocenters. The first-order valence-corrected chi connectivity index (χ1v) is 9.88. The molecule has 1 N–H and O–H groups in total. The number of aryl methyl sites for hydroxylation is 1. The molecule has 1 fully saturated rings. The van der Waals surface area contributed by atoms with Crippen molar-refractivity contribution < 1.29 is 18.7 Å². The maximum absolute atomic E-state index is 14.4. The molecular formula is C21H28FN3O4. The normalized spacial score (nSPS) is 19.9. The average Bonchev–Trinajstić information content (AvgIpc) is 2.63. The van der Waals surface area contributed by atoms with Gasteiger partial charge in [0.05, 0.1) is 29.9 Å². The molecule has 1 aliphatic carbocycles. The van der Waals surface area contributed by atoms with Gasteiger partial charge in [0.2, 0.25) is 0 Å². The van der Waals surface area contributed by atoms with Gasteiger partial charge in [-0.15, -0.1) is 0 Å². The first-order chi connectivity index (χ1) is 13.6. The number of amides is 1. The Hall–Kier alpha value is -2.48. The maximum atomic E-state index is 14.4. The topological polar surface area (TPSA) is 82.5 Å². The molecule has 3 rings (SSSR count). The van der Waals surface area contributed by atoms with Gasteiger partial charge in [0.15, 0.2) is 0 Å². The third kappa shape index (κ3) is 5.32. The van der Waals surface area contributed by atoms with E-state index < -0.39 is 17.5 Å². The van der Waals surface area contributed by atoms with Crippen LogP contribution in [0.5, 0.6) is 0 Å². The molecule has 0 aromatic carbocycles. The fraction of sp³-hybridized carbons (Fsp3) is 0.571. The minimum Gasteiger partial charge on any atom is -0.444 e. The molecule has 8 heteroatoms. The Balaban J connectivity index is 1.59. The third-order valence-corrected chi connectivity index (χ3v) is 5.04. The molecule has 29 heavy (non-hydrogen) atoms. The lowest BCUT2D eigenvalue weighted by Crippen LogP contribution is -2.41. The van der Waals surface area contributed by atoms with E-state index in [1.807, 2.05) is 20.8 Å². The summed E-state index contributed by atoms with van der Waals surface area (Å²) in [4.78, 5) is 27.9. The summed E-state index contributed by atoms with van der Waals surface area (Å²) in [6, 6.07) is 3.05. The highest BCUT2D eigenvalue weighted by Crippen LogP contribution is 2.25. The van der Waals surface area contributed by atoms with Crippen molar-refractivity contribution in [2.75, 3.05) is 0 Å². The summed E-state index contributed by atoms with van der Waals surface area (Å²) in [7, 11) is 1.60. The summed E-state index contributed by atoms with van der Waals surface area (Å²) in [5.74, 6) is -0.487. The SMILES string of the molecule is Cn1c(=O)ccc2ncc(F)c(CO[C@H]3CC[C@H](NC(=O)OC(C)(C)C)CC3)c21. The zero-order chi connectivity index (χ0) is 21.2. The largest absolute Gasteiger partial charge is 0.444 e. The van der Waals surface area contributed by atoms with Crippen molar-refractivity contribution in [3.8, 4) is 0 Å². The molecule has 2 aromatic rings. The van der Waals surface area contributed by atoms with E-state index in [0.717, 1.165) is 31.9 Å². The first kappa shape index (κ1) is 21.2. The summed E-state index contributed by atoms with van der Waals surface area (Å²) in [6.07, 6.45) is 3.76. The van der Waals surface area contributed by atoms with Gasteiger partial charge in [0.25, 0.3) is 5.56 Å². The summed E-state index contributed by atoms with van der Waals surface area (Å²) in [5, 5.41) is 2.89. The molecular weight excluding hydrogens is 377 g/mol. The van der Waals surface area contributed by atoms with E-state index in [2.05, 4.69) is 10.3 Å². The molecule has 1 aliphatic rings. The zero-order valence-corrected chi connectivity index (χ0v) is 17.3. The van der Waals surface area contributed by atoms with E-state index in [1.54, 1.807) is 13.1 Å². The minimum atomic E-state index is -0.526. The monoisotopic (exact) mass is 405 g/mol. The number of nitrogens with zero attached hydrogens (tertiary/aromatic N) is 2. The van der Waals surface area contributed by atoms with Gasteiger partial charge in [-0.05, 0) is 52.5 Å². The fourth-order valence-corrected chi connectivity index (χ4v) is 3.59. The summed E-state index contributed by atoms with van der Waals surface area (Å²) >= 11 is 0. The molecule has 2 heterocycles. The Morgan fingerprint density at radius 2 is 1.97 bits per heavy atom. The Bertz CT molecular complexity index is 943. The molecule has 0 atom stereocenters. The second-order valence-electron chi connectivity index (χ2n) is 8.48. The van der Waals surface area contributed by atoms with Gasteiger partial charge in [0.1, 0.15) is 11.4 Å². The first-order valence-electron chi connectivity index (χ1n) is 9.88. The van der Waals surface area contributed by atoms with Crippen LogP contribution in [-0.4, -0.2) is 33.4 Å². The molecule has 0 radical (unpaired) electrons. The van der Waals surface area contributed by atoms with Crippen molar-refractivity contribution in [1.82, 2.24) is 14.9 Å². The van der Waals surface area contributed by atoms with Crippen molar-refractivity contribution >= 4 is 17.1 Å². The molecule has 2 aromatic heterocycles.